The number of amides is 1. The van der Waals surface area contributed by atoms with Crippen LogP contribution in [0, 0.1) is 10.1 Å². The third-order valence-electron chi connectivity index (χ3n) is 3.91. The van der Waals surface area contributed by atoms with E-state index in [9.17, 15) is 14.9 Å². The van der Waals surface area contributed by atoms with Gasteiger partial charge in [-0.05, 0) is 26.0 Å². The number of aromatic nitrogens is 2. The Morgan fingerprint density at radius 2 is 2.04 bits per heavy atom. The Morgan fingerprint density at radius 1 is 1.33 bits per heavy atom. The lowest BCUT2D eigenvalue weighted by Crippen LogP contribution is -2.48. The molecule has 8 nitrogen and oxygen atoms in total. The Balaban J connectivity index is 1.93. The first kappa shape index (κ1) is 16.1. The zero-order chi connectivity index (χ0) is 17.3. The Morgan fingerprint density at radius 3 is 2.62 bits per heavy atom. The van der Waals surface area contributed by atoms with Gasteiger partial charge in [0, 0.05) is 37.1 Å². The average molecular weight is 330 g/mol. The number of nitro groups is 1. The maximum absolute atomic E-state index is 12.7. The van der Waals surface area contributed by atoms with Crippen molar-refractivity contribution in [3.05, 3.63) is 52.6 Å². The van der Waals surface area contributed by atoms with E-state index in [-0.39, 0.29) is 23.8 Å². The minimum atomic E-state index is -0.489. The standard InChI is InChI=1S/C16H18N4O4/c1-11-8-19(9-12(2)24-11)16(21)13-3-4-14(15(7-13)20(22)23)18-6-5-17-10-18/h3-7,10-12H,8-9H2,1-2H3. The second kappa shape index (κ2) is 6.40. The van der Waals surface area contributed by atoms with Crippen molar-refractivity contribution in [1.82, 2.24) is 14.5 Å². The molecule has 0 saturated carbocycles. The van der Waals surface area contributed by atoms with Gasteiger partial charge in [-0.25, -0.2) is 4.98 Å². The molecule has 1 amide bonds. The Hall–Kier alpha value is -2.74. The molecule has 1 saturated heterocycles. The number of benzene rings is 1. The molecule has 2 heterocycles. The molecule has 8 heteroatoms. The average Bonchev–Trinajstić information content (AvgIpc) is 3.07. The van der Waals surface area contributed by atoms with E-state index in [4.69, 9.17) is 4.74 Å². The van der Waals surface area contributed by atoms with Gasteiger partial charge in [0.2, 0.25) is 0 Å². The van der Waals surface area contributed by atoms with Gasteiger partial charge in [-0.15, -0.1) is 0 Å². The molecular weight excluding hydrogens is 312 g/mol. The number of rotatable bonds is 3. The highest BCUT2D eigenvalue weighted by atomic mass is 16.6. The summed E-state index contributed by atoms with van der Waals surface area (Å²) in [7, 11) is 0. The van der Waals surface area contributed by atoms with Crippen LogP contribution in [0.2, 0.25) is 0 Å². The van der Waals surface area contributed by atoms with Crippen molar-refractivity contribution >= 4 is 11.6 Å². The molecule has 2 aromatic rings. The minimum absolute atomic E-state index is 0.0575. The van der Waals surface area contributed by atoms with Crippen LogP contribution in [0.25, 0.3) is 5.69 Å². The molecule has 2 atom stereocenters. The third-order valence-corrected chi connectivity index (χ3v) is 3.91. The van der Waals surface area contributed by atoms with Gasteiger partial charge in [0.05, 0.1) is 23.5 Å². The van der Waals surface area contributed by atoms with E-state index in [0.29, 0.717) is 24.3 Å². The SMILES string of the molecule is CC1CN(C(=O)c2ccc(-n3ccnc3)c([N+](=O)[O-])c2)CC(C)O1. The van der Waals surface area contributed by atoms with Crippen molar-refractivity contribution < 1.29 is 14.5 Å². The van der Waals surface area contributed by atoms with Gasteiger partial charge in [-0.3, -0.25) is 14.9 Å². The molecule has 1 aromatic carbocycles. The summed E-state index contributed by atoms with van der Waals surface area (Å²) in [5.41, 5.74) is 0.540. The Bertz CT molecular complexity index is 749. The van der Waals surface area contributed by atoms with E-state index < -0.39 is 4.92 Å². The van der Waals surface area contributed by atoms with E-state index in [1.165, 1.54) is 12.4 Å². The molecule has 0 aliphatic carbocycles. The first-order valence-electron chi connectivity index (χ1n) is 7.67. The fourth-order valence-corrected chi connectivity index (χ4v) is 2.95. The van der Waals surface area contributed by atoms with Crippen LogP contribution in [-0.4, -0.2) is 50.6 Å². The Labute approximate surface area is 138 Å². The summed E-state index contributed by atoms with van der Waals surface area (Å²) in [6, 6.07) is 4.50. The fourth-order valence-electron chi connectivity index (χ4n) is 2.95. The van der Waals surface area contributed by atoms with Crippen molar-refractivity contribution in [3.8, 4) is 5.69 Å². The van der Waals surface area contributed by atoms with Crippen LogP contribution >= 0.6 is 0 Å². The van der Waals surface area contributed by atoms with E-state index in [1.54, 1.807) is 34.0 Å². The van der Waals surface area contributed by atoms with Gasteiger partial charge < -0.3 is 14.2 Å². The number of ether oxygens (including phenoxy) is 1. The van der Waals surface area contributed by atoms with Crippen LogP contribution in [0.4, 0.5) is 5.69 Å². The molecule has 126 valence electrons. The van der Waals surface area contributed by atoms with Gasteiger partial charge in [0.25, 0.3) is 11.6 Å². The van der Waals surface area contributed by atoms with Gasteiger partial charge in [-0.1, -0.05) is 0 Å². The van der Waals surface area contributed by atoms with Gasteiger partial charge in [-0.2, -0.15) is 0 Å². The number of carbonyl (C=O) groups is 1. The molecule has 24 heavy (non-hydrogen) atoms. The zero-order valence-electron chi connectivity index (χ0n) is 13.5. The maximum Gasteiger partial charge on any atom is 0.294 e. The number of carbonyl (C=O) groups excluding carboxylic acids is 1. The third kappa shape index (κ3) is 3.13. The molecule has 2 unspecified atom stereocenters. The van der Waals surface area contributed by atoms with E-state index >= 15 is 0 Å². The number of hydrogen-bond acceptors (Lipinski definition) is 5. The summed E-state index contributed by atoms with van der Waals surface area (Å²) in [6.45, 7) is 4.75. The van der Waals surface area contributed by atoms with Gasteiger partial charge in [0.1, 0.15) is 5.69 Å². The van der Waals surface area contributed by atoms with Crippen LogP contribution in [-0.2, 0) is 4.74 Å². The van der Waals surface area contributed by atoms with Gasteiger partial charge >= 0.3 is 0 Å². The predicted octanol–water partition coefficient (Wildman–Crippen LogP) is 2.03. The number of morpholine rings is 1. The first-order chi connectivity index (χ1) is 11.5. The van der Waals surface area contributed by atoms with E-state index in [2.05, 4.69) is 4.98 Å². The zero-order valence-corrected chi connectivity index (χ0v) is 13.5. The summed E-state index contributed by atoms with van der Waals surface area (Å²) in [5, 5.41) is 11.4. The monoisotopic (exact) mass is 330 g/mol. The maximum atomic E-state index is 12.7. The molecule has 1 aromatic heterocycles. The molecule has 1 fully saturated rings. The van der Waals surface area contributed by atoms with Crippen LogP contribution in [0.15, 0.2) is 36.9 Å². The van der Waals surface area contributed by atoms with Crippen molar-refractivity contribution in [1.29, 1.82) is 0 Å². The smallest absolute Gasteiger partial charge is 0.294 e. The van der Waals surface area contributed by atoms with Crippen molar-refractivity contribution in [2.45, 2.75) is 26.1 Å². The minimum Gasteiger partial charge on any atom is -0.372 e. The molecule has 0 N–H and O–H groups in total. The quantitative estimate of drug-likeness (QED) is 0.634. The number of hydrogen-bond donors (Lipinski definition) is 0. The number of imidazole rings is 1. The highest BCUT2D eigenvalue weighted by Crippen LogP contribution is 2.25. The first-order valence-corrected chi connectivity index (χ1v) is 7.67. The van der Waals surface area contributed by atoms with Gasteiger partial charge in [0.15, 0.2) is 0 Å². The molecule has 3 rings (SSSR count). The Kier molecular flexibility index (Phi) is 4.30. The normalized spacial score (nSPS) is 20.8. The van der Waals surface area contributed by atoms with E-state index in [1.807, 2.05) is 13.8 Å². The molecule has 1 aliphatic heterocycles. The lowest BCUT2D eigenvalue weighted by molar-refractivity contribution is -0.384. The molecular formula is C16H18N4O4. The lowest BCUT2D eigenvalue weighted by atomic mass is 10.1. The van der Waals surface area contributed by atoms with Crippen LogP contribution < -0.4 is 0 Å². The molecule has 0 spiro atoms. The van der Waals surface area contributed by atoms with Crippen molar-refractivity contribution in [2.24, 2.45) is 0 Å². The molecule has 1 aliphatic rings. The predicted molar refractivity (Wildman–Crippen MR) is 86.1 cm³/mol. The number of nitrogens with zero attached hydrogens (tertiary/aromatic N) is 4. The second-order valence-electron chi connectivity index (χ2n) is 5.90. The number of nitro benzene ring substituents is 1. The molecule has 0 bridgehead atoms. The van der Waals surface area contributed by atoms with Crippen molar-refractivity contribution in [3.63, 3.8) is 0 Å². The summed E-state index contributed by atoms with van der Waals surface area (Å²) in [5.74, 6) is -0.225. The van der Waals surface area contributed by atoms with Crippen LogP contribution in [0.3, 0.4) is 0 Å². The summed E-state index contributed by atoms with van der Waals surface area (Å²) < 4.78 is 7.17. The second-order valence-corrected chi connectivity index (χ2v) is 5.90. The highest BCUT2D eigenvalue weighted by molar-refractivity contribution is 5.95. The lowest BCUT2D eigenvalue weighted by Gasteiger charge is -2.35. The van der Waals surface area contributed by atoms with Crippen LogP contribution in [0.5, 0.6) is 0 Å². The fraction of sp³-hybridized carbons (Fsp3) is 0.375. The van der Waals surface area contributed by atoms with Crippen molar-refractivity contribution in [2.75, 3.05) is 13.1 Å². The highest BCUT2D eigenvalue weighted by Gasteiger charge is 2.28. The summed E-state index contributed by atoms with van der Waals surface area (Å²) in [4.78, 5) is 29.2. The molecule has 0 radical (unpaired) electrons. The van der Waals surface area contributed by atoms with Crippen LogP contribution in [0.1, 0.15) is 24.2 Å². The largest absolute Gasteiger partial charge is 0.372 e. The summed E-state index contributed by atoms with van der Waals surface area (Å²) in [6.07, 6.45) is 4.53. The summed E-state index contributed by atoms with van der Waals surface area (Å²) >= 11 is 0. The topological polar surface area (TPSA) is 90.5 Å². The van der Waals surface area contributed by atoms with E-state index in [0.717, 1.165) is 0 Å².